The van der Waals surface area contributed by atoms with Gasteiger partial charge in [-0.2, -0.15) is 10.2 Å². The zero-order valence-electron chi connectivity index (χ0n) is 9.10. The fourth-order valence-electron chi connectivity index (χ4n) is 2.32. The Morgan fingerprint density at radius 3 is 2.81 bits per heavy atom. The minimum atomic E-state index is 0.507. The summed E-state index contributed by atoms with van der Waals surface area (Å²) in [6, 6.07) is 8.33. The number of rotatable bonds is 1. The van der Waals surface area contributed by atoms with Gasteiger partial charge in [-0.25, -0.2) is 0 Å². The molecule has 16 heavy (non-hydrogen) atoms. The quantitative estimate of drug-likeness (QED) is 0.731. The van der Waals surface area contributed by atoms with Crippen LogP contribution in [0, 0.1) is 0 Å². The van der Waals surface area contributed by atoms with Crippen LogP contribution in [0.4, 0.5) is 0 Å². The van der Waals surface area contributed by atoms with Gasteiger partial charge in [-0.1, -0.05) is 24.3 Å². The van der Waals surface area contributed by atoms with Crippen LogP contribution in [-0.4, -0.2) is 23.4 Å². The molecule has 1 saturated heterocycles. The molecule has 3 nitrogen and oxygen atoms in total. The molecule has 0 saturated carbocycles. The van der Waals surface area contributed by atoms with Crippen LogP contribution in [-0.2, 0) is 4.74 Å². The smallest absolute Gasteiger partial charge is 0.0741 e. The van der Waals surface area contributed by atoms with Crippen molar-refractivity contribution in [2.45, 2.75) is 18.8 Å². The van der Waals surface area contributed by atoms with Gasteiger partial charge in [0.05, 0.1) is 11.9 Å². The van der Waals surface area contributed by atoms with Crippen LogP contribution in [0.5, 0.6) is 0 Å². The van der Waals surface area contributed by atoms with Gasteiger partial charge in [0.1, 0.15) is 0 Å². The molecule has 0 atom stereocenters. The van der Waals surface area contributed by atoms with Crippen molar-refractivity contribution in [3.8, 4) is 0 Å². The van der Waals surface area contributed by atoms with E-state index in [2.05, 4.69) is 28.4 Å². The molecule has 1 aliphatic rings. The summed E-state index contributed by atoms with van der Waals surface area (Å²) in [7, 11) is 0. The van der Waals surface area contributed by atoms with E-state index in [1.807, 2.05) is 12.3 Å². The summed E-state index contributed by atoms with van der Waals surface area (Å²) in [5, 5.41) is 10.8. The molecule has 2 heterocycles. The van der Waals surface area contributed by atoms with E-state index in [1.165, 1.54) is 10.8 Å². The summed E-state index contributed by atoms with van der Waals surface area (Å²) in [5.41, 5.74) is 1.14. The number of hydrogen-bond acceptors (Lipinski definition) is 3. The van der Waals surface area contributed by atoms with Crippen molar-refractivity contribution < 1.29 is 4.74 Å². The number of nitrogens with zero attached hydrogens (tertiary/aromatic N) is 2. The average Bonchev–Trinajstić information content (AvgIpc) is 2.39. The summed E-state index contributed by atoms with van der Waals surface area (Å²) in [6.45, 7) is 1.69. The minimum Gasteiger partial charge on any atom is -0.381 e. The van der Waals surface area contributed by atoms with Gasteiger partial charge < -0.3 is 4.74 Å². The molecular weight excluding hydrogens is 200 g/mol. The molecule has 1 aromatic heterocycles. The number of benzene rings is 1. The van der Waals surface area contributed by atoms with Gasteiger partial charge in [-0.05, 0) is 12.8 Å². The first-order valence-corrected chi connectivity index (χ1v) is 5.73. The Balaban J connectivity index is 2.08. The second-order valence-electron chi connectivity index (χ2n) is 4.20. The monoisotopic (exact) mass is 214 g/mol. The highest BCUT2D eigenvalue weighted by Crippen LogP contribution is 2.29. The predicted molar refractivity (Wildman–Crippen MR) is 62.3 cm³/mol. The molecule has 1 aliphatic heterocycles. The summed E-state index contributed by atoms with van der Waals surface area (Å²) >= 11 is 0. The number of ether oxygens (including phenoxy) is 1. The highest BCUT2D eigenvalue weighted by molar-refractivity contribution is 5.83. The van der Waals surface area contributed by atoms with E-state index >= 15 is 0 Å². The number of fused-ring (bicyclic) bond motifs is 1. The zero-order valence-corrected chi connectivity index (χ0v) is 9.10. The van der Waals surface area contributed by atoms with Crippen molar-refractivity contribution in [2.24, 2.45) is 0 Å². The van der Waals surface area contributed by atoms with Gasteiger partial charge in [-0.15, -0.1) is 0 Å². The van der Waals surface area contributed by atoms with E-state index in [4.69, 9.17) is 4.74 Å². The van der Waals surface area contributed by atoms with Crippen LogP contribution in [0.1, 0.15) is 24.5 Å². The standard InChI is InChI=1S/C13H14N2O/c1-2-4-12-11(3-1)9-14-15-13(12)10-5-7-16-8-6-10/h1-4,9-10H,5-8H2. The Morgan fingerprint density at radius 2 is 1.94 bits per heavy atom. The molecule has 1 aromatic carbocycles. The van der Waals surface area contributed by atoms with Gasteiger partial charge in [0.2, 0.25) is 0 Å². The molecule has 0 spiro atoms. The maximum atomic E-state index is 5.39. The lowest BCUT2D eigenvalue weighted by Gasteiger charge is -2.21. The molecule has 2 aromatic rings. The third kappa shape index (κ3) is 1.67. The van der Waals surface area contributed by atoms with Crippen LogP contribution in [0.2, 0.25) is 0 Å². The zero-order chi connectivity index (χ0) is 10.8. The molecular formula is C13H14N2O. The molecule has 0 radical (unpaired) electrons. The molecule has 82 valence electrons. The maximum Gasteiger partial charge on any atom is 0.0741 e. The Kier molecular flexibility index (Phi) is 2.54. The van der Waals surface area contributed by atoms with Gasteiger partial charge in [0.25, 0.3) is 0 Å². The van der Waals surface area contributed by atoms with Crippen LogP contribution in [0.15, 0.2) is 30.5 Å². The summed E-state index contributed by atoms with van der Waals surface area (Å²) < 4.78 is 5.39. The highest BCUT2D eigenvalue weighted by Gasteiger charge is 2.19. The highest BCUT2D eigenvalue weighted by atomic mass is 16.5. The molecule has 0 bridgehead atoms. The molecule has 0 unspecified atom stereocenters. The first-order chi connectivity index (χ1) is 7.95. The maximum absolute atomic E-state index is 5.39. The van der Waals surface area contributed by atoms with Crippen molar-refractivity contribution in [1.82, 2.24) is 10.2 Å². The molecule has 0 aliphatic carbocycles. The van der Waals surface area contributed by atoms with Crippen LogP contribution >= 0.6 is 0 Å². The molecule has 0 amide bonds. The van der Waals surface area contributed by atoms with E-state index in [0.717, 1.165) is 31.7 Å². The Labute approximate surface area is 94.5 Å². The molecule has 0 N–H and O–H groups in total. The van der Waals surface area contributed by atoms with E-state index in [1.54, 1.807) is 0 Å². The number of aromatic nitrogens is 2. The summed E-state index contributed by atoms with van der Waals surface area (Å²) in [4.78, 5) is 0. The van der Waals surface area contributed by atoms with Crippen molar-refractivity contribution in [2.75, 3.05) is 13.2 Å². The first-order valence-electron chi connectivity index (χ1n) is 5.73. The number of hydrogen-bond donors (Lipinski definition) is 0. The fraction of sp³-hybridized carbons (Fsp3) is 0.385. The first kappa shape index (κ1) is 9.73. The summed E-state index contributed by atoms with van der Waals surface area (Å²) in [5.74, 6) is 0.507. The van der Waals surface area contributed by atoms with Crippen molar-refractivity contribution >= 4 is 10.8 Å². The molecule has 1 fully saturated rings. The predicted octanol–water partition coefficient (Wildman–Crippen LogP) is 2.52. The third-order valence-corrected chi connectivity index (χ3v) is 3.21. The normalized spacial score (nSPS) is 17.8. The molecule has 3 heteroatoms. The van der Waals surface area contributed by atoms with Crippen LogP contribution in [0.25, 0.3) is 10.8 Å². The van der Waals surface area contributed by atoms with Gasteiger partial charge in [0, 0.05) is 29.9 Å². The second-order valence-corrected chi connectivity index (χ2v) is 4.20. The van der Waals surface area contributed by atoms with Crippen LogP contribution < -0.4 is 0 Å². The average molecular weight is 214 g/mol. The lowest BCUT2D eigenvalue weighted by Crippen LogP contribution is -2.15. The van der Waals surface area contributed by atoms with Crippen molar-refractivity contribution in [1.29, 1.82) is 0 Å². The SMILES string of the molecule is c1ccc2c(C3CCOCC3)nncc2c1. The lowest BCUT2D eigenvalue weighted by molar-refractivity contribution is 0.0846. The second kappa shape index (κ2) is 4.18. The Bertz CT molecular complexity index is 487. The Hall–Kier alpha value is -1.48. The van der Waals surface area contributed by atoms with Crippen molar-refractivity contribution in [3.63, 3.8) is 0 Å². The minimum absolute atomic E-state index is 0.507. The third-order valence-electron chi connectivity index (χ3n) is 3.21. The Morgan fingerprint density at radius 1 is 1.12 bits per heavy atom. The van der Waals surface area contributed by atoms with E-state index < -0.39 is 0 Å². The van der Waals surface area contributed by atoms with Gasteiger partial charge >= 0.3 is 0 Å². The van der Waals surface area contributed by atoms with Gasteiger partial charge in [0.15, 0.2) is 0 Å². The molecule has 3 rings (SSSR count). The van der Waals surface area contributed by atoms with E-state index in [-0.39, 0.29) is 0 Å². The fourth-order valence-corrected chi connectivity index (χ4v) is 2.32. The van der Waals surface area contributed by atoms with Crippen LogP contribution in [0.3, 0.4) is 0 Å². The van der Waals surface area contributed by atoms with Gasteiger partial charge in [-0.3, -0.25) is 0 Å². The lowest BCUT2D eigenvalue weighted by atomic mass is 9.93. The van der Waals surface area contributed by atoms with Crippen molar-refractivity contribution in [3.05, 3.63) is 36.2 Å². The topological polar surface area (TPSA) is 35.0 Å². The van der Waals surface area contributed by atoms with E-state index in [9.17, 15) is 0 Å². The largest absolute Gasteiger partial charge is 0.381 e. The van der Waals surface area contributed by atoms with E-state index in [0.29, 0.717) is 5.92 Å². The summed E-state index contributed by atoms with van der Waals surface area (Å²) in [6.07, 6.45) is 3.95.